The molecule has 5 heteroatoms. The van der Waals surface area contributed by atoms with Crippen molar-refractivity contribution in [1.29, 1.82) is 0 Å². The van der Waals surface area contributed by atoms with Crippen molar-refractivity contribution in [3.05, 3.63) is 48.0 Å². The van der Waals surface area contributed by atoms with Crippen molar-refractivity contribution in [2.75, 3.05) is 5.32 Å². The fourth-order valence-corrected chi connectivity index (χ4v) is 1.56. The fraction of sp³-hybridized carbons (Fsp3) is 0.154. The average molecular weight is 243 g/mol. The van der Waals surface area contributed by atoms with Crippen molar-refractivity contribution >= 4 is 17.9 Å². The van der Waals surface area contributed by atoms with E-state index in [0.29, 0.717) is 6.29 Å². The summed E-state index contributed by atoms with van der Waals surface area (Å²) in [5.74, 6) is 0.0500. The average Bonchev–Trinajstić information content (AvgIpc) is 2.79. The van der Waals surface area contributed by atoms with Crippen molar-refractivity contribution in [3.8, 4) is 0 Å². The second kappa shape index (κ2) is 5.27. The number of imidazole rings is 1. The van der Waals surface area contributed by atoms with E-state index >= 15 is 0 Å². The molecule has 1 aromatic heterocycles. The molecule has 0 aliphatic carbocycles. The number of amides is 1. The molecule has 0 spiro atoms. The molecule has 0 aliphatic heterocycles. The number of aromatic nitrogens is 2. The number of nitrogens with one attached hydrogen (secondary N) is 1. The summed E-state index contributed by atoms with van der Waals surface area (Å²) in [4.78, 5) is 26.2. The molecule has 0 saturated heterocycles. The Hall–Kier alpha value is -2.43. The minimum Gasteiger partial charge on any atom is -0.325 e. The summed E-state index contributed by atoms with van der Waals surface area (Å²) in [7, 11) is 0. The van der Waals surface area contributed by atoms with Gasteiger partial charge in [-0.05, 0) is 19.1 Å². The molecule has 2 rings (SSSR count). The van der Waals surface area contributed by atoms with Gasteiger partial charge >= 0.3 is 0 Å². The number of hydrogen-bond donors (Lipinski definition) is 1. The first-order valence-electron chi connectivity index (χ1n) is 5.52. The van der Waals surface area contributed by atoms with Gasteiger partial charge in [0.25, 0.3) is 0 Å². The number of aryl methyl sites for hydroxylation is 1. The van der Waals surface area contributed by atoms with Crippen LogP contribution in [0.5, 0.6) is 0 Å². The summed E-state index contributed by atoms with van der Waals surface area (Å²) in [6.07, 6.45) is 3.71. The number of carbonyl (C=O) groups excluding carboxylic acids is 2. The molecule has 0 aliphatic rings. The molecule has 1 amide bonds. The van der Waals surface area contributed by atoms with Crippen LogP contribution in [0, 0.1) is 6.92 Å². The summed E-state index contributed by atoms with van der Waals surface area (Å²) >= 11 is 0. The zero-order valence-electron chi connectivity index (χ0n) is 9.96. The lowest BCUT2D eigenvalue weighted by atomic mass is 10.2. The van der Waals surface area contributed by atoms with Gasteiger partial charge in [0.1, 0.15) is 6.54 Å². The zero-order chi connectivity index (χ0) is 13.0. The van der Waals surface area contributed by atoms with Gasteiger partial charge in [-0.15, -0.1) is 0 Å². The number of rotatable bonds is 4. The highest BCUT2D eigenvalue weighted by Crippen LogP contribution is 2.08. The molecule has 1 aromatic carbocycles. The first kappa shape index (κ1) is 12.0. The lowest BCUT2D eigenvalue weighted by Gasteiger charge is -2.06. The normalized spacial score (nSPS) is 10.1. The van der Waals surface area contributed by atoms with Crippen LogP contribution in [-0.4, -0.2) is 21.7 Å². The van der Waals surface area contributed by atoms with Gasteiger partial charge in [0.05, 0.1) is 0 Å². The van der Waals surface area contributed by atoms with Gasteiger partial charge in [-0.3, -0.25) is 9.59 Å². The van der Waals surface area contributed by atoms with Crippen LogP contribution in [0.15, 0.2) is 36.7 Å². The van der Waals surface area contributed by atoms with E-state index in [1.165, 1.54) is 10.8 Å². The lowest BCUT2D eigenvalue weighted by Crippen LogP contribution is -2.19. The van der Waals surface area contributed by atoms with Crippen LogP contribution in [0.25, 0.3) is 0 Å². The predicted molar refractivity (Wildman–Crippen MR) is 67.4 cm³/mol. The molecular formula is C13H13N3O2. The summed E-state index contributed by atoms with van der Waals surface area (Å²) < 4.78 is 1.50. The maximum Gasteiger partial charge on any atom is 0.244 e. The molecule has 92 valence electrons. The number of hydrogen-bond acceptors (Lipinski definition) is 3. The van der Waals surface area contributed by atoms with Crippen molar-refractivity contribution in [2.24, 2.45) is 0 Å². The predicted octanol–water partition coefficient (Wildman–Crippen LogP) is 1.64. The smallest absolute Gasteiger partial charge is 0.244 e. The van der Waals surface area contributed by atoms with Gasteiger partial charge in [0.15, 0.2) is 12.1 Å². The fourth-order valence-electron chi connectivity index (χ4n) is 1.56. The van der Waals surface area contributed by atoms with Crippen LogP contribution in [0.1, 0.15) is 16.2 Å². The van der Waals surface area contributed by atoms with Crippen LogP contribution in [0.3, 0.4) is 0 Å². The van der Waals surface area contributed by atoms with Gasteiger partial charge in [0.2, 0.25) is 5.91 Å². The van der Waals surface area contributed by atoms with Gasteiger partial charge in [-0.2, -0.15) is 0 Å². The van der Waals surface area contributed by atoms with E-state index in [1.807, 2.05) is 31.2 Å². The molecule has 2 aromatic rings. The summed E-state index contributed by atoms with van der Waals surface area (Å²) in [5.41, 5.74) is 1.87. The Morgan fingerprint density at radius 1 is 1.39 bits per heavy atom. The molecule has 18 heavy (non-hydrogen) atoms. The summed E-state index contributed by atoms with van der Waals surface area (Å²) in [6.45, 7) is 2.05. The van der Waals surface area contributed by atoms with Crippen LogP contribution >= 0.6 is 0 Å². The Kier molecular flexibility index (Phi) is 3.52. The Morgan fingerprint density at radius 3 is 2.78 bits per heavy atom. The van der Waals surface area contributed by atoms with Gasteiger partial charge in [0, 0.05) is 18.1 Å². The van der Waals surface area contributed by atoms with Crippen LogP contribution in [0.4, 0.5) is 5.69 Å². The number of benzene rings is 1. The molecular weight excluding hydrogens is 230 g/mol. The molecule has 0 bridgehead atoms. The molecule has 0 fully saturated rings. The highest BCUT2D eigenvalue weighted by molar-refractivity contribution is 5.90. The monoisotopic (exact) mass is 243 g/mol. The highest BCUT2D eigenvalue weighted by atomic mass is 16.2. The Labute approximate surface area is 104 Å². The third-order valence-electron chi connectivity index (χ3n) is 2.50. The number of carbonyl (C=O) groups is 2. The maximum atomic E-state index is 11.8. The van der Waals surface area contributed by atoms with Crippen molar-refractivity contribution in [3.63, 3.8) is 0 Å². The van der Waals surface area contributed by atoms with E-state index < -0.39 is 0 Å². The third kappa shape index (κ3) is 2.82. The van der Waals surface area contributed by atoms with Gasteiger partial charge in [-0.1, -0.05) is 17.7 Å². The maximum absolute atomic E-state index is 11.8. The summed E-state index contributed by atoms with van der Waals surface area (Å²) in [5, 5.41) is 2.76. The minimum atomic E-state index is -0.194. The molecule has 0 saturated carbocycles. The van der Waals surface area contributed by atoms with E-state index in [0.717, 1.165) is 11.3 Å². The standard InChI is InChI=1S/C13H13N3O2/c1-10-2-4-11(5-3-10)15-13(18)8-16-7-6-14-12(16)9-17/h2-7,9H,8H2,1H3,(H,15,18). The Balaban J connectivity index is 2.01. The molecule has 1 heterocycles. The molecule has 5 nitrogen and oxygen atoms in total. The molecule has 0 atom stereocenters. The quantitative estimate of drug-likeness (QED) is 0.830. The van der Waals surface area contributed by atoms with Crippen LogP contribution < -0.4 is 5.32 Å². The molecule has 0 radical (unpaired) electrons. The van der Waals surface area contributed by atoms with Gasteiger partial charge < -0.3 is 9.88 Å². The van der Waals surface area contributed by atoms with E-state index in [4.69, 9.17) is 0 Å². The molecule has 0 unspecified atom stereocenters. The van der Waals surface area contributed by atoms with E-state index in [2.05, 4.69) is 10.3 Å². The lowest BCUT2D eigenvalue weighted by molar-refractivity contribution is -0.116. The minimum absolute atomic E-state index is 0.0714. The summed E-state index contributed by atoms with van der Waals surface area (Å²) in [6, 6.07) is 7.51. The second-order valence-electron chi connectivity index (χ2n) is 3.95. The highest BCUT2D eigenvalue weighted by Gasteiger charge is 2.07. The largest absolute Gasteiger partial charge is 0.325 e. The number of nitrogens with zero attached hydrogens (tertiary/aromatic N) is 2. The third-order valence-corrected chi connectivity index (χ3v) is 2.50. The number of anilines is 1. The second-order valence-corrected chi connectivity index (χ2v) is 3.95. The topological polar surface area (TPSA) is 64.0 Å². The van der Waals surface area contributed by atoms with Crippen molar-refractivity contribution in [1.82, 2.24) is 9.55 Å². The van der Waals surface area contributed by atoms with E-state index in [9.17, 15) is 9.59 Å². The first-order valence-corrected chi connectivity index (χ1v) is 5.52. The van der Waals surface area contributed by atoms with Crippen molar-refractivity contribution < 1.29 is 9.59 Å². The first-order chi connectivity index (χ1) is 8.69. The van der Waals surface area contributed by atoms with Crippen LogP contribution in [0.2, 0.25) is 0 Å². The SMILES string of the molecule is Cc1ccc(NC(=O)Cn2ccnc2C=O)cc1. The van der Waals surface area contributed by atoms with Crippen LogP contribution in [-0.2, 0) is 11.3 Å². The van der Waals surface area contributed by atoms with Gasteiger partial charge in [-0.25, -0.2) is 4.98 Å². The zero-order valence-corrected chi connectivity index (χ0v) is 9.96. The van der Waals surface area contributed by atoms with E-state index in [-0.39, 0.29) is 18.3 Å². The Bertz CT molecular complexity index is 558. The van der Waals surface area contributed by atoms with E-state index in [1.54, 1.807) is 6.20 Å². The van der Waals surface area contributed by atoms with Crippen molar-refractivity contribution in [2.45, 2.75) is 13.5 Å². The molecule has 1 N–H and O–H groups in total. The number of aldehydes is 1. The Morgan fingerprint density at radius 2 is 2.11 bits per heavy atom.